The first-order chi connectivity index (χ1) is 25.2. The number of hydrogen-bond acceptors (Lipinski definition) is 4. The van der Waals surface area contributed by atoms with Crippen molar-refractivity contribution in [3.8, 4) is 0 Å². The van der Waals surface area contributed by atoms with Crippen LogP contribution in [0.5, 0.6) is 0 Å². The van der Waals surface area contributed by atoms with E-state index in [9.17, 15) is 0 Å². The average Bonchev–Trinajstić information content (AvgIpc) is 3.71. The smallest absolute Gasteiger partial charge is 0.0640 e. The third-order valence-corrected chi connectivity index (χ3v) is 12.4. The highest BCUT2D eigenvalue weighted by molar-refractivity contribution is 7.26. The molecule has 0 bridgehead atoms. The molecule has 2 heterocycles. The summed E-state index contributed by atoms with van der Waals surface area (Å²) in [5.41, 5.74) is 9.12. The molecule has 2 nitrogen and oxygen atoms in total. The second kappa shape index (κ2) is 12.8. The average molecular weight is 729 g/mol. The summed E-state index contributed by atoms with van der Waals surface area (Å²) in [6, 6.07) is 55.1. The first kappa shape index (κ1) is 32.8. The summed E-state index contributed by atoms with van der Waals surface area (Å²) in [5, 5.41) is 5.79. The monoisotopic (exact) mass is 728 g/mol. The summed E-state index contributed by atoms with van der Waals surface area (Å²) in [4.78, 5) is 4.82. The van der Waals surface area contributed by atoms with Crippen LogP contribution < -0.4 is 9.80 Å². The molecule has 0 unspecified atom stereocenters. The van der Waals surface area contributed by atoms with Crippen LogP contribution >= 0.6 is 34.3 Å². The van der Waals surface area contributed by atoms with Gasteiger partial charge in [0.25, 0.3) is 0 Å². The van der Waals surface area contributed by atoms with Crippen molar-refractivity contribution < 1.29 is 0 Å². The van der Waals surface area contributed by atoms with Crippen molar-refractivity contribution in [2.24, 2.45) is 0 Å². The zero-order chi connectivity index (χ0) is 35.6. The zero-order valence-electron chi connectivity index (χ0n) is 29.5. The summed E-state index contributed by atoms with van der Waals surface area (Å²) >= 11 is 10.4. The molecule has 0 saturated heterocycles. The molecular formula is C47H37ClN2S2. The van der Waals surface area contributed by atoms with Gasteiger partial charge in [0.15, 0.2) is 0 Å². The van der Waals surface area contributed by atoms with E-state index in [0.717, 1.165) is 34.1 Å². The van der Waals surface area contributed by atoms with Gasteiger partial charge in [-0.15, -0.1) is 22.7 Å². The van der Waals surface area contributed by atoms with Crippen LogP contribution in [0.15, 0.2) is 152 Å². The largest absolute Gasteiger partial charge is 0.310 e. The molecule has 0 aliphatic carbocycles. The van der Waals surface area contributed by atoms with Crippen LogP contribution in [-0.4, -0.2) is 0 Å². The van der Waals surface area contributed by atoms with Gasteiger partial charge >= 0.3 is 0 Å². The Morgan fingerprint density at radius 2 is 1.08 bits per heavy atom. The number of rotatable bonds is 6. The lowest BCUT2D eigenvalue weighted by Gasteiger charge is -2.31. The van der Waals surface area contributed by atoms with Gasteiger partial charge in [-0.1, -0.05) is 105 Å². The fourth-order valence-electron chi connectivity index (χ4n) is 7.43. The predicted molar refractivity (Wildman–Crippen MR) is 230 cm³/mol. The number of thiophene rings is 2. The Hall–Kier alpha value is -5.13. The van der Waals surface area contributed by atoms with Crippen LogP contribution in [0.2, 0.25) is 5.02 Å². The molecule has 0 saturated carbocycles. The van der Waals surface area contributed by atoms with E-state index in [0.29, 0.717) is 5.02 Å². The minimum atomic E-state index is 0.0501. The summed E-state index contributed by atoms with van der Waals surface area (Å²) in [7, 11) is 0. The second-order valence-electron chi connectivity index (χ2n) is 14.5. The van der Waals surface area contributed by atoms with Gasteiger partial charge in [-0.2, -0.15) is 0 Å². The Balaban J connectivity index is 1.31. The van der Waals surface area contributed by atoms with Gasteiger partial charge in [0.05, 0.1) is 16.1 Å². The van der Waals surface area contributed by atoms with Crippen molar-refractivity contribution in [2.45, 2.75) is 33.1 Å². The van der Waals surface area contributed by atoms with E-state index < -0.39 is 0 Å². The highest BCUT2D eigenvalue weighted by Crippen LogP contribution is 2.49. The Bertz CT molecular complexity index is 2770. The molecule has 0 N–H and O–H groups in total. The number of benzene rings is 7. The second-order valence-corrected chi connectivity index (χ2v) is 17.0. The van der Waals surface area contributed by atoms with Crippen LogP contribution in [0.4, 0.5) is 34.1 Å². The van der Waals surface area contributed by atoms with E-state index in [1.165, 1.54) is 51.5 Å². The first-order valence-corrected chi connectivity index (χ1v) is 19.6. The number of hydrogen-bond donors (Lipinski definition) is 0. The van der Waals surface area contributed by atoms with Crippen LogP contribution in [0, 0.1) is 6.92 Å². The fourth-order valence-corrected chi connectivity index (χ4v) is 9.95. The minimum absolute atomic E-state index is 0.0501. The molecule has 9 aromatic rings. The van der Waals surface area contributed by atoms with Gasteiger partial charge in [0, 0.05) is 63.4 Å². The van der Waals surface area contributed by atoms with Gasteiger partial charge in [0.1, 0.15) is 0 Å². The van der Waals surface area contributed by atoms with Crippen molar-refractivity contribution in [2.75, 3.05) is 9.80 Å². The van der Waals surface area contributed by atoms with Crippen molar-refractivity contribution in [1.29, 1.82) is 0 Å². The van der Waals surface area contributed by atoms with E-state index in [-0.39, 0.29) is 5.41 Å². The molecule has 0 radical (unpaired) electrons. The molecule has 0 aliphatic heterocycles. The van der Waals surface area contributed by atoms with Crippen LogP contribution in [0.1, 0.15) is 31.9 Å². The van der Waals surface area contributed by atoms with Crippen molar-refractivity contribution >= 4 is 109 Å². The molecule has 0 atom stereocenters. The zero-order valence-corrected chi connectivity index (χ0v) is 31.9. The lowest BCUT2D eigenvalue weighted by molar-refractivity contribution is 0.590. The van der Waals surface area contributed by atoms with Gasteiger partial charge in [-0.3, -0.25) is 0 Å². The van der Waals surface area contributed by atoms with Crippen LogP contribution in [0.25, 0.3) is 40.3 Å². The summed E-state index contributed by atoms with van der Waals surface area (Å²) in [6.07, 6.45) is 0. The summed E-state index contributed by atoms with van der Waals surface area (Å²) < 4.78 is 5.10. The topological polar surface area (TPSA) is 6.48 Å². The van der Waals surface area contributed by atoms with E-state index in [1.54, 1.807) is 0 Å². The van der Waals surface area contributed by atoms with Gasteiger partial charge < -0.3 is 9.80 Å². The van der Waals surface area contributed by atoms with Crippen LogP contribution in [-0.2, 0) is 5.41 Å². The predicted octanol–water partition coefficient (Wildman–Crippen LogP) is 15.6. The molecule has 9 rings (SSSR count). The highest BCUT2D eigenvalue weighted by Gasteiger charge is 2.23. The number of fused-ring (bicyclic) bond motifs is 6. The first-order valence-electron chi connectivity index (χ1n) is 17.6. The third kappa shape index (κ3) is 5.72. The molecule has 5 heteroatoms. The molecule has 0 amide bonds. The highest BCUT2D eigenvalue weighted by atomic mass is 35.5. The number of nitrogens with zero attached hydrogens (tertiary/aromatic N) is 2. The molecule has 7 aromatic carbocycles. The molecule has 52 heavy (non-hydrogen) atoms. The third-order valence-electron chi connectivity index (χ3n) is 9.87. The summed E-state index contributed by atoms with van der Waals surface area (Å²) in [6.45, 7) is 9.01. The maximum absolute atomic E-state index is 6.73. The molecule has 0 aliphatic rings. The van der Waals surface area contributed by atoms with E-state index in [2.05, 4.69) is 177 Å². The maximum Gasteiger partial charge on any atom is 0.0640 e. The number of halogens is 1. The van der Waals surface area contributed by atoms with Crippen molar-refractivity contribution in [1.82, 2.24) is 0 Å². The van der Waals surface area contributed by atoms with Crippen LogP contribution in [0.3, 0.4) is 0 Å². The summed E-state index contributed by atoms with van der Waals surface area (Å²) in [5.74, 6) is 0. The normalized spacial score (nSPS) is 11.9. The van der Waals surface area contributed by atoms with Gasteiger partial charge in [-0.25, -0.2) is 0 Å². The fraction of sp³-hybridized carbons (Fsp3) is 0.106. The quantitative estimate of drug-likeness (QED) is 0.168. The Kier molecular flexibility index (Phi) is 8.08. The molecule has 254 valence electrons. The molecular weight excluding hydrogens is 692 g/mol. The molecule has 0 spiro atoms. The van der Waals surface area contributed by atoms with Crippen molar-refractivity contribution in [3.63, 3.8) is 0 Å². The Morgan fingerprint density at radius 1 is 0.481 bits per heavy atom. The number of aryl methyl sites for hydroxylation is 1. The SMILES string of the molecule is Cc1cc(N(c2cccc(Cl)c2)c2cccc3c2sc2ccccc23)cc(N(c2ccc(C(C)(C)C)cc2)c2cccc3sc4ccccc4c23)c1. The number of anilines is 6. The minimum Gasteiger partial charge on any atom is -0.310 e. The van der Waals surface area contributed by atoms with E-state index in [1.807, 2.05) is 34.8 Å². The van der Waals surface area contributed by atoms with Gasteiger partial charge in [-0.05, 0) is 102 Å². The lowest BCUT2D eigenvalue weighted by Crippen LogP contribution is -2.15. The van der Waals surface area contributed by atoms with Crippen molar-refractivity contribution in [3.05, 3.63) is 168 Å². The lowest BCUT2D eigenvalue weighted by atomic mass is 9.87. The Labute approximate surface area is 317 Å². The molecule has 2 aromatic heterocycles. The Morgan fingerprint density at radius 3 is 1.81 bits per heavy atom. The van der Waals surface area contributed by atoms with E-state index in [4.69, 9.17) is 11.6 Å². The van der Waals surface area contributed by atoms with Gasteiger partial charge in [0.2, 0.25) is 0 Å². The standard InChI is InChI=1S/C47H37ClN2S2/c1-30-26-35(49(33-24-22-31(23-25-33)47(2,3)4)40-17-11-21-44-45(40)39-15-6-8-20-43(39)51-44)29-36(27-30)50(34-13-9-12-32(48)28-34)41-18-10-16-38-37-14-5-7-19-42(37)52-46(38)41/h5-29H,1-4H3. The molecule has 0 fully saturated rings. The maximum atomic E-state index is 6.73. The van der Waals surface area contributed by atoms with E-state index >= 15 is 0 Å².